The van der Waals surface area contributed by atoms with E-state index < -0.39 is 17.9 Å². The molecular weight excluding hydrogens is 923 g/mol. The van der Waals surface area contributed by atoms with E-state index in [9.17, 15) is 30.3 Å². The molecule has 0 fully saturated rings. The van der Waals surface area contributed by atoms with E-state index in [2.05, 4.69) is 121 Å². The molecule has 322 valence electrons. The van der Waals surface area contributed by atoms with E-state index in [0.29, 0.717) is 0 Å². The van der Waals surface area contributed by atoms with Gasteiger partial charge in [-0.3, -0.25) is 4.79 Å². The molecule has 0 spiro atoms. The van der Waals surface area contributed by atoms with Crippen molar-refractivity contribution < 1.29 is 19.8 Å². The molecule has 1 unspecified atom stereocenters. The largest absolute Gasteiger partial charge is 0.480 e. The van der Waals surface area contributed by atoms with Crippen LogP contribution in [0, 0.1) is 28.6 Å². The normalized spacial score (nSPS) is 12.1. The van der Waals surface area contributed by atoms with Crippen LogP contribution >= 0.6 is 68.0 Å². The Morgan fingerprint density at radius 2 is 1.12 bits per heavy atom. The Balaban J connectivity index is 0.988. The van der Waals surface area contributed by atoms with Crippen molar-refractivity contribution >= 4 is 122 Å². The second-order valence-electron chi connectivity index (χ2n) is 15.5. The van der Waals surface area contributed by atoms with Gasteiger partial charge in [-0.05, 0) is 121 Å². The lowest BCUT2D eigenvalue weighted by molar-refractivity contribution is -0.139. The summed E-state index contributed by atoms with van der Waals surface area (Å²) in [5.41, 5.74) is 6.07. The first-order valence-corrected chi connectivity index (χ1v) is 25.9. The Morgan fingerprint density at radius 3 is 1.66 bits per heavy atom. The first-order chi connectivity index (χ1) is 31.7. The Kier molecular flexibility index (Phi) is 13.2. The molecule has 13 heteroatoms. The van der Waals surface area contributed by atoms with Crippen LogP contribution in [-0.2, 0) is 22.4 Å². The van der Waals surface area contributed by atoms with Crippen LogP contribution in [0.3, 0.4) is 0 Å². The number of thiophene rings is 6. The van der Waals surface area contributed by atoms with Crippen LogP contribution in [0.25, 0.3) is 66.0 Å². The number of aryl methyl sites for hydroxylation is 1. The lowest BCUT2D eigenvalue weighted by Crippen LogP contribution is -2.13. The van der Waals surface area contributed by atoms with Crippen molar-refractivity contribution in [3.63, 3.8) is 0 Å². The van der Waals surface area contributed by atoms with Crippen molar-refractivity contribution in [1.29, 1.82) is 10.5 Å². The van der Waals surface area contributed by atoms with Crippen molar-refractivity contribution in [1.82, 2.24) is 0 Å². The zero-order valence-electron chi connectivity index (χ0n) is 34.9. The van der Waals surface area contributed by atoms with Crippen LogP contribution < -0.4 is 4.90 Å². The third-order valence-electron chi connectivity index (χ3n) is 11.0. The number of anilines is 3. The highest BCUT2D eigenvalue weighted by molar-refractivity contribution is 7.30. The summed E-state index contributed by atoms with van der Waals surface area (Å²) in [4.78, 5) is 34.3. The van der Waals surface area contributed by atoms with Crippen LogP contribution in [0.15, 0.2) is 127 Å². The van der Waals surface area contributed by atoms with Gasteiger partial charge < -0.3 is 15.1 Å². The predicted molar refractivity (Wildman–Crippen MR) is 275 cm³/mol. The summed E-state index contributed by atoms with van der Waals surface area (Å²) in [5.74, 6) is -3.38. The van der Waals surface area contributed by atoms with Crippen molar-refractivity contribution in [3.05, 3.63) is 142 Å². The number of nitriles is 2. The van der Waals surface area contributed by atoms with Gasteiger partial charge in [0, 0.05) is 81.3 Å². The van der Waals surface area contributed by atoms with E-state index in [1.54, 1.807) is 40.1 Å². The number of hydrogen-bond donors (Lipinski definition) is 2. The zero-order valence-corrected chi connectivity index (χ0v) is 39.8. The molecule has 7 nitrogen and oxygen atoms in total. The number of fused-ring (bicyclic) bond motifs is 2. The molecular formula is C52H39N3O4S6. The summed E-state index contributed by atoms with van der Waals surface area (Å²) < 4.78 is 4.24. The summed E-state index contributed by atoms with van der Waals surface area (Å²) in [6.45, 7) is 2.25. The lowest BCUT2D eigenvalue weighted by atomic mass is 10.1. The minimum absolute atomic E-state index is 0.203. The van der Waals surface area contributed by atoms with Gasteiger partial charge in [0.05, 0.1) is 6.07 Å². The molecule has 9 rings (SSSR count). The Hall–Kier alpha value is -6.16. The van der Waals surface area contributed by atoms with Crippen LogP contribution in [-0.4, -0.2) is 22.2 Å². The number of rotatable bonds is 17. The highest BCUT2D eigenvalue weighted by atomic mass is 32.1. The predicted octanol–water partition coefficient (Wildman–Crippen LogP) is 16.4. The number of benzene rings is 3. The highest BCUT2D eigenvalue weighted by Crippen LogP contribution is 2.44. The summed E-state index contributed by atoms with van der Waals surface area (Å²) in [6.07, 6.45) is 7.86. The molecule has 1 atom stereocenters. The standard InChI is InChI=1S/C52H39N3O4S6/c1-2-3-4-5-6-39-19-20-43(60-39)44-22-21-42(63-44)31-7-13-36(14-8-31)55(37-15-9-32(10-16-37)45-27-49-47(64-45)25-40(61-49)23-34(29-53)51(56)57)38-17-11-33(12-18-38)46-28-50-48(65-46)26-41(62-50)24-35(30-54)52(58)59/h7-23,25-28,35H,2-6,24H2,1H3,(H,56,57)(H,58,59)/b34-23+. The number of unbranched alkanes of at least 4 members (excludes halogenated alkanes) is 3. The second kappa shape index (κ2) is 19.5. The maximum Gasteiger partial charge on any atom is 0.346 e. The van der Waals surface area contributed by atoms with Gasteiger partial charge in [0.2, 0.25) is 0 Å². The van der Waals surface area contributed by atoms with Crippen molar-refractivity contribution in [2.45, 2.75) is 45.4 Å². The molecule has 0 saturated carbocycles. The molecule has 0 radical (unpaired) electrons. The van der Waals surface area contributed by atoms with Crippen LogP contribution in [0.5, 0.6) is 0 Å². The molecule has 6 heterocycles. The average molecular weight is 962 g/mol. The summed E-state index contributed by atoms with van der Waals surface area (Å²) in [7, 11) is 0. The molecule has 0 bridgehead atoms. The molecule has 0 aliphatic heterocycles. The van der Waals surface area contributed by atoms with E-state index in [0.717, 1.165) is 72.9 Å². The quantitative estimate of drug-likeness (QED) is 0.0529. The zero-order chi connectivity index (χ0) is 45.0. The summed E-state index contributed by atoms with van der Waals surface area (Å²) in [5, 5.41) is 37.2. The first-order valence-electron chi connectivity index (χ1n) is 21.0. The number of nitrogens with zero attached hydrogens (tertiary/aromatic N) is 3. The van der Waals surface area contributed by atoms with Crippen molar-refractivity contribution in [3.8, 4) is 53.2 Å². The van der Waals surface area contributed by atoms with Crippen LogP contribution in [0.1, 0.15) is 47.2 Å². The molecule has 3 aromatic carbocycles. The molecule has 6 aromatic heterocycles. The number of carboxylic acid groups (broad SMARTS) is 2. The van der Waals surface area contributed by atoms with Gasteiger partial charge in [0.15, 0.2) is 0 Å². The topological polar surface area (TPSA) is 125 Å². The molecule has 9 aromatic rings. The van der Waals surface area contributed by atoms with Gasteiger partial charge in [-0.15, -0.1) is 68.0 Å². The molecule has 0 aliphatic rings. The maximum atomic E-state index is 11.5. The molecule has 0 saturated heterocycles. The Bertz CT molecular complexity index is 3210. The van der Waals surface area contributed by atoms with Gasteiger partial charge >= 0.3 is 11.9 Å². The van der Waals surface area contributed by atoms with E-state index >= 15 is 0 Å². The molecule has 0 amide bonds. The fourth-order valence-corrected chi connectivity index (χ4v) is 14.6. The van der Waals surface area contributed by atoms with Gasteiger partial charge in [-0.2, -0.15) is 10.5 Å². The highest BCUT2D eigenvalue weighted by Gasteiger charge is 2.20. The Morgan fingerprint density at radius 1 is 0.585 bits per heavy atom. The van der Waals surface area contributed by atoms with Gasteiger partial charge in [0.1, 0.15) is 17.6 Å². The van der Waals surface area contributed by atoms with E-state index in [-0.39, 0.29) is 12.0 Å². The number of aliphatic carboxylic acids is 2. The third kappa shape index (κ3) is 9.77. The third-order valence-corrected chi connectivity index (χ3v) is 18.1. The van der Waals surface area contributed by atoms with Crippen molar-refractivity contribution in [2.24, 2.45) is 5.92 Å². The smallest absolute Gasteiger partial charge is 0.346 e. The monoisotopic (exact) mass is 961 g/mol. The number of carbonyl (C=O) groups is 2. The number of hydrogen-bond acceptors (Lipinski definition) is 11. The van der Waals surface area contributed by atoms with Crippen LogP contribution in [0.4, 0.5) is 17.1 Å². The van der Waals surface area contributed by atoms with Crippen molar-refractivity contribution in [2.75, 3.05) is 4.90 Å². The lowest BCUT2D eigenvalue weighted by Gasteiger charge is -2.26. The SMILES string of the molecule is CCCCCCc1ccc(-c2ccc(-c3ccc(N(c4ccc(-c5cc6sc(/C=C(\C#N)C(=O)O)cc6s5)cc4)c4ccc(-c5cc6sc(CC(C#N)C(=O)O)cc6s5)cc4)cc3)s2)s1. The van der Waals surface area contributed by atoms with E-state index in [1.165, 1.54) is 68.2 Å². The summed E-state index contributed by atoms with van der Waals surface area (Å²) >= 11 is 10.1. The minimum Gasteiger partial charge on any atom is -0.480 e. The molecule has 65 heavy (non-hydrogen) atoms. The van der Waals surface area contributed by atoms with Gasteiger partial charge in [-0.1, -0.05) is 62.6 Å². The van der Waals surface area contributed by atoms with Gasteiger partial charge in [0.25, 0.3) is 0 Å². The maximum absolute atomic E-state index is 11.5. The first kappa shape index (κ1) is 44.1. The minimum atomic E-state index is -1.23. The fraction of sp³-hybridized carbons (Fsp3) is 0.154. The van der Waals surface area contributed by atoms with Crippen LogP contribution in [0.2, 0.25) is 0 Å². The Labute approximate surface area is 400 Å². The average Bonchev–Trinajstić information content (AvgIpc) is 4.18. The van der Waals surface area contributed by atoms with E-state index in [4.69, 9.17) is 0 Å². The van der Waals surface area contributed by atoms with E-state index in [1.807, 2.05) is 40.9 Å². The molecule has 0 aliphatic carbocycles. The fourth-order valence-electron chi connectivity index (χ4n) is 7.64. The number of carboxylic acids is 2. The second-order valence-corrected chi connectivity index (χ2v) is 22.2. The van der Waals surface area contributed by atoms with Gasteiger partial charge in [-0.25, -0.2) is 4.79 Å². The summed E-state index contributed by atoms with van der Waals surface area (Å²) in [6, 6.07) is 46.8. The molecule has 2 N–H and O–H groups in total.